The predicted molar refractivity (Wildman–Crippen MR) is 88.5 cm³/mol. The highest BCUT2D eigenvalue weighted by atomic mass is 32.2. The molecule has 4 nitrogen and oxygen atoms in total. The van der Waals surface area contributed by atoms with Crippen LogP contribution in [0.2, 0.25) is 0 Å². The highest BCUT2D eigenvalue weighted by Gasteiger charge is 2.27. The third-order valence-corrected chi connectivity index (χ3v) is 5.85. The molecule has 1 aliphatic rings. The molecule has 0 unspecified atom stereocenters. The van der Waals surface area contributed by atoms with Crippen LogP contribution in [0, 0.1) is 5.92 Å². The van der Waals surface area contributed by atoms with E-state index in [1.54, 1.807) is 31.2 Å². The molecule has 5 heteroatoms. The summed E-state index contributed by atoms with van der Waals surface area (Å²) in [6.45, 7) is 4.50. The van der Waals surface area contributed by atoms with E-state index < -0.39 is 15.4 Å². The molecule has 0 aliphatic heterocycles. The highest BCUT2D eigenvalue weighted by Crippen LogP contribution is 2.26. The van der Waals surface area contributed by atoms with Crippen molar-refractivity contribution in [2.24, 2.45) is 5.92 Å². The Bertz CT molecular complexity index is 593. The van der Waals surface area contributed by atoms with Crippen molar-refractivity contribution in [3.63, 3.8) is 0 Å². The van der Waals surface area contributed by atoms with Gasteiger partial charge in [-0.25, -0.2) is 8.42 Å². The molecule has 0 saturated heterocycles. The topological polar surface area (TPSA) is 66.4 Å². The van der Waals surface area contributed by atoms with Gasteiger partial charge in [-0.3, -0.25) is 0 Å². The normalized spacial score (nSPS) is 25.6. The van der Waals surface area contributed by atoms with Crippen LogP contribution in [0.15, 0.2) is 29.2 Å². The van der Waals surface area contributed by atoms with Crippen LogP contribution < -0.4 is 5.32 Å². The summed E-state index contributed by atoms with van der Waals surface area (Å²) in [5, 5.41) is 14.2. The highest BCUT2D eigenvalue weighted by molar-refractivity contribution is 7.90. The minimum Gasteiger partial charge on any atom is -0.384 e. The molecule has 0 spiro atoms. The molecule has 1 fully saturated rings. The monoisotopic (exact) mass is 325 g/mol. The molecule has 1 aliphatic carbocycles. The Morgan fingerprint density at radius 3 is 2.36 bits per heavy atom. The van der Waals surface area contributed by atoms with Crippen LogP contribution in [-0.2, 0) is 15.4 Å². The first kappa shape index (κ1) is 17.4. The number of aliphatic hydroxyl groups is 1. The van der Waals surface area contributed by atoms with Crippen molar-refractivity contribution in [1.82, 2.24) is 5.32 Å². The van der Waals surface area contributed by atoms with Gasteiger partial charge >= 0.3 is 0 Å². The minimum atomic E-state index is -3.20. The summed E-state index contributed by atoms with van der Waals surface area (Å²) in [6.07, 6.45) is 6.12. The Balaban J connectivity index is 2.03. The van der Waals surface area contributed by atoms with Gasteiger partial charge in [0.1, 0.15) is 0 Å². The largest absolute Gasteiger partial charge is 0.384 e. The fourth-order valence-electron chi connectivity index (χ4n) is 3.11. The van der Waals surface area contributed by atoms with Crippen molar-refractivity contribution in [3.8, 4) is 0 Å². The van der Waals surface area contributed by atoms with Crippen molar-refractivity contribution in [2.75, 3.05) is 12.8 Å². The zero-order valence-electron chi connectivity index (χ0n) is 13.7. The first-order chi connectivity index (χ1) is 10.2. The van der Waals surface area contributed by atoms with E-state index in [9.17, 15) is 13.5 Å². The van der Waals surface area contributed by atoms with Gasteiger partial charge < -0.3 is 10.4 Å². The van der Waals surface area contributed by atoms with Gasteiger partial charge in [-0.2, -0.15) is 0 Å². The molecule has 0 bridgehead atoms. The van der Waals surface area contributed by atoms with Crippen LogP contribution in [0.3, 0.4) is 0 Å². The third kappa shape index (κ3) is 4.31. The average Bonchev–Trinajstić information content (AvgIpc) is 2.46. The molecular formula is C17H27NO3S. The number of hydrogen-bond acceptors (Lipinski definition) is 4. The van der Waals surface area contributed by atoms with Crippen LogP contribution in [0.4, 0.5) is 0 Å². The standard InChI is InChI=1S/C17H27NO3S/c1-13-6-4-5-7-16(13)18-12-17(2,19)14-8-10-15(11-9-14)22(3,20)21/h8-11,13,16,18-19H,4-7,12H2,1-3H3/t13-,16+,17+/m1/s1. The van der Waals surface area contributed by atoms with E-state index in [2.05, 4.69) is 12.2 Å². The fraction of sp³-hybridized carbons (Fsp3) is 0.647. The summed E-state index contributed by atoms with van der Waals surface area (Å²) in [5.41, 5.74) is -0.274. The Morgan fingerprint density at radius 1 is 1.23 bits per heavy atom. The third-order valence-electron chi connectivity index (χ3n) is 4.72. The molecule has 22 heavy (non-hydrogen) atoms. The summed E-state index contributed by atoms with van der Waals surface area (Å²) in [7, 11) is -3.20. The van der Waals surface area contributed by atoms with E-state index in [0.717, 1.165) is 12.0 Å². The summed E-state index contributed by atoms with van der Waals surface area (Å²) >= 11 is 0. The molecule has 1 saturated carbocycles. The smallest absolute Gasteiger partial charge is 0.175 e. The molecule has 0 aromatic heterocycles. The second-order valence-corrected chi connectivity index (χ2v) is 8.84. The minimum absolute atomic E-state index is 0.279. The number of rotatable bonds is 5. The van der Waals surface area contributed by atoms with Crippen LogP contribution in [0.1, 0.15) is 45.1 Å². The molecule has 0 heterocycles. The second-order valence-electron chi connectivity index (χ2n) is 6.82. The number of sulfone groups is 1. The fourth-order valence-corrected chi connectivity index (χ4v) is 3.74. The van der Waals surface area contributed by atoms with Crippen LogP contribution in [0.25, 0.3) is 0 Å². The lowest BCUT2D eigenvalue weighted by Crippen LogP contribution is -2.44. The Hall–Kier alpha value is -0.910. The number of benzene rings is 1. The SMILES string of the molecule is C[C@@H]1CCCC[C@@H]1NC[C@](C)(O)c1ccc(S(C)(=O)=O)cc1. The summed E-state index contributed by atoms with van der Waals surface area (Å²) in [6, 6.07) is 6.96. The molecule has 2 N–H and O–H groups in total. The van der Waals surface area contributed by atoms with Crippen LogP contribution in [-0.4, -0.2) is 32.4 Å². The Labute approximate surface area is 133 Å². The van der Waals surface area contributed by atoms with Gasteiger partial charge in [0, 0.05) is 18.8 Å². The number of hydrogen-bond donors (Lipinski definition) is 2. The molecule has 0 amide bonds. The maximum Gasteiger partial charge on any atom is 0.175 e. The van der Waals surface area contributed by atoms with Crippen molar-refractivity contribution < 1.29 is 13.5 Å². The van der Waals surface area contributed by atoms with Gasteiger partial charge in [0.25, 0.3) is 0 Å². The van der Waals surface area contributed by atoms with E-state index in [4.69, 9.17) is 0 Å². The molecule has 2 rings (SSSR count). The molecule has 1 aromatic carbocycles. The lowest BCUT2D eigenvalue weighted by Gasteiger charge is -2.33. The average molecular weight is 325 g/mol. The lowest BCUT2D eigenvalue weighted by atomic mass is 9.85. The maximum atomic E-state index is 11.5. The van der Waals surface area contributed by atoms with Crippen LogP contribution in [0.5, 0.6) is 0 Å². The summed E-state index contributed by atoms with van der Waals surface area (Å²) in [5.74, 6) is 0.636. The van der Waals surface area contributed by atoms with Crippen molar-refractivity contribution >= 4 is 9.84 Å². The quantitative estimate of drug-likeness (QED) is 0.873. The molecular weight excluding hydrogens is 298 g/mol. The number of nitrogens with one attached hydrogen (secondary N) is 1. The van der Waals surface area contributed by atoms with E-state index in [0.29, 0.717) is 18.5 Å². The van der Waals surface area contributed by atoms with Gasteiger partial charge in [0.05, 0.1) is 10.5 Å². The van der Waals surface area contributed by atoms with E-state index >= 15 is 0 Å². The van der Waals surface area contributed by atoms with E-state index in [1.807, 2.05) is 0 Å². The van der Waals surface area contributed by atoms with Crippen molar-refractivity contribution in [1.29, 1.82) is 0 Å². The predicted octanol–water partition coefficient (Wildman–Crippen LogP) is 2.47. The maximum absolute atomic E-state index is 11.5. The lowest BCUT2D eigenvalue weighted by molar-refractivity contribution is 0.0494. The molecule has 3 atom stereocenters. The second kappa shape index (κ2) is 6.69. The van der Waals surface area contributed by atoms with Gasteiger partial charge in [-0.15, -0.1) is 0 Å². The molecule has 124 valence electrons. The van der Waals surface area contributed by atoms with Gasteiger partial charge in [-0.05, 0) is 43.4 Å². The Kier molecular flexibility index (Phi) is 5.30. The van der Waals surface area contributed by atoms with E-state index in [1.165, 1.54) is 25.5 Å². The zero-order valence-corrected chi connectivity index (χ0v) is 14.5. The van der Waals surface area contributed by atoms with E-state index in [-0.39, 0.29) is 4.90 Å². The zero-order chi connectivity index (χ0) is 16.4. The van der Waals surface area contributed by atoms with Crippen molar-refractivity contribution in [2.45, 2.75) is 56.1 Å². The Morgan fingerprint density at radius 2 is 1.82 bits per heavy atom. The van der Waals surface area contributed by atoms with Gasteiger partial charge in [-0.1, -0.05) is 31.9 Å². The van der Waals surface area contributed by atoms with Crippen LogP contribution >= 0.6 is 0 Å². The van der Waals surface area contributed by atoms with Gasteiger partial charge in [0.2, 0.25) is 0 Å². The first-order valence-electron chi connectivity index (χ1n) is 7.96. The molecule has 1 aromatic rings. The molecule has 0 radical (unpaired) electrons. The van der Waals surface area contributed by atoms with Gasteiger partial charge in [0.15, 0.2) is 9.84 Å². The summed E-state index contributed by atoms with van der Waals surface area (Å²) < 4.78 is 23.0. The summed E-state index contributed by atoms with van der Waals surface area (Å²) in [4.78, 5) is 0.279. The first-order valence-corrected chi connectivity index (χ1v) is 9.86. The van der Waals surface area contributed by atoms with Crippen molar-refractivity contribution in [3.05, 3.63) is 29.8 Å².